The van der Waals surface area contributed by atoms with Crippen molar-refractivity contribution in [3.63, 3.8) is 0 Å². The molecule has 1 aliphatic heterocycles. The maximum atomic E-state index is 14.2. The number of halogens is 1. The van der Waals surface area contributed by atoms with Crippen LogP contribution in [0.2, 0.25) is 0 Å². The summed E-state index contributed by atoms with van der Waals surface area (Å²) in [7, 11) is -3.66. The Morgan fingerprint density at radius 2 is 1.78 bits per heavy atom. The van der Waals surface area contributed by atoms with Crippen LogP contribution in [-0.2, 0) is 16.8 Å². The third kappa shape index (κ3) is 2.20. The van der Waals surface area contributed by atoms with Crippen LogP contribution in [0.3, 0.4) is 0 Å². The van der Waals surface area contributed by atoms with Crippen molar-refractivity contribution in [2.24, 2.45) is 0 Å². The molecular weight excluding hydrogens is 315 g/mol. The van der Waals surface area contributed by atoms with Crippen LogP contribution in [0.4, 0.5) is 15.8 Å². The Hall–Kier alpha value is -2.08. The van der Waals surface area contributed by atoms with Gasteiger partial charge in [-0.2, -0.15) is 8.42 Å². The topological polar surface area (TPSA) is 40.6 Å². The zero-order valence-electron chi connectivity index (χ0n) is 12.7. The predicted octanol–water partition coefficient (Wildman–Crippen LogP) is 3.37. The first-order valence-corrected chi connectivity index (χ1v) is 9.05. The first-order valence-electron chi connectivity index (χ1n) is 7.65. The van der Waals surface area contributed by atoms with Crippen molar-refractivity contribution in [2.75, 3.05) is 8.61 Å². The molecule has 0 N–H and O–H groups in total. The molecule has 0 saturated heterocycles. The summed E-state index contributed by atoms with van der Waals surface area (Å²) in [4.78, 5) is 0. The largest absolute Gasteiger partial charge is 0.327 e. The molecule has 0 bridgehead atoms. The minimum absolute atomic E-state index is 0.0150. The second-order valence-electron chi connectivity index (χ2n) is 6.07. The van der Waals surface area contributed by atoms with Crippen molar-refractivity contribution in [3.05, 3.63) is 59.4 Å². The average Bonchev–Trinajstić information content (AvgIpc) is 3.29. The second-order valence-corrected chi connectivity index (χ2v) is 7.80. The van der Waals surface area contributed by atoms with Gasteiger partial charge in [0.1, 0.15) is 5.82 Å². The molecule has 1 heterocycles. The fourth-order valence-corrected chi connectivity index (χ4v) is 4.99. The Labute approximate surface area is 135 Å². The van der Waals surface area contributed by atoms with E-state index in [1.807, 2.05) is 18.2 Å². The first kappa shape index (κ1) is 14.5. The van der Waals surface area contributed by atoms with Crippen LogP contribution in [-0.4, -0.2) is 14.5 Å². The molecule has 0 unspecified atom stereocenters. The van der Waals surface area contributed by atoms with Gasteiger partial charge in [-0.15, -0.1) is 0 Å². The van der Waals surface area contributed by atoms with Gasteiger partial charge in [-0.05, 0) is 43.5 Å². The van der Waals surface area contributed by atoms with Crippen molar-refractivity contribution in [1.82, 2.24) is 0 Å². The maximum Gasteiger partial charge on any atom is 0.327 e. The minimum atomic E-state index is -3.66. The number of rotatable bonds is 3. The average molecular weight is 332 g/mol. The summed E-state index contributed by atoms with van der Waals surface area (Å²) in [5, 5.41) is 0. The van der Waals surface area contributed by atoms with Gasteiger partial charge in [-0.1, -0.05) is 24.3 Å². The lowest BCUT2D eigenvalue weighted by molar-refractivity contribution is 0.583. The summed E-state index contributed by atoms with van der Waals surface area (Å²) in [6.45, 7) is 1.81. The van der Waals surface area contributed by atoms with E-state index < -0.39 is 10.2 Å². The summed E-state index contributed by atoms with van der Waals surface area (Å²) < 4.78 is 43.0. The monoisotopic (exact) mass is 332 g/mol. The molecule has 1 fully saturated rings. The van der Waals surface area contributed by atoms with E-state index >= 15 is 0 Å². The molecular formula is C17H17FN2O2S. The third-order valence-corrected chi connectivity index (χ3v) is 6.32. The van der Waals surface area contributed by atoms with Crippen LogP contribution in [0.25, 0.3) is 0 Å². The predicted molar refractivity (Wildman–Crippen MR) is 88.2 cm³/mol. The molecule has 6 heteroatoms. The number of anilines is 2. The number of nitrogens with zero attached hydrogens (tertiary/aromatic N) is 2. The van der Waals surface area contributed by atoms with E-state index in [1.54, 1.807) is 25.1 Å². The number of para-hydroxylation sites is 2. The van der Waals surface area contributed by atoms with Crippen molar-refractivity contribution in [3.8, 4) is 0 Å². The Kier molecular flexibility index (Phi) is 3.13. The first-order chi connectivity index (χ1) is 11.0. The fraction of sp³-hybridized carbons (Fsp3) is 0.294. The van der Waals surface area contributed by atoms with Gasteiger partial charge in [-0.3, -0.25) is 0 Å². The Bertz CT molecular complexity index is 858. The van der Waals surface area contributed by atoms with Gasteiger partial charge < -0.3 is 0 Å². The van der Waals surface area contributed by atoms with Crippen LogP contribution < -0.4 is 8.61 Å². The lowest BCUT2D eigenvalue weighted by Crippen LogP contribution is -2.39. The maximum absolute atomic E-state index is 14.2. The zero-order valence-corrected chi connectivity index (χ0v) is 13.6. The van der Waals surface area contributed by atoms with Gasteiger partial charge in [0.15, 0.2) is 0 Å². The number of aryl methyl sites for hydroxylation is 1. The highest BCUT2D eigenvalue weighted by Crippen LogP contribution is 2.47. The third-order valence-electron chi connectivity index (χ3n) is 4.45. The molecule has 1 aliphatic carbocycles. The lowest BCUT2D eigenvalue weighted by atomic mass is 10.1. The van der Waals surface area contributed by atoms with E-state index in [2.05, 4.69) is 0 Å². The quantitative estimate of drug-likeness (QED) is 0.865. The molecule has 0 spiro atoms. The lowest BCUT2D eigenvalue weighted by Gasteiger charge is -2.22. The number of hydrogen-bond acceptors (Lipinski definition) is 2. The Morgan fingerprint density at radius 3 is 2.43 bits per heavy atom. The molecule has 120 valence electrons. The number of benzene rings is 2. The van der Waals surface area contributed by atoms with Crippen molar-refractivity contribution in [1.29, 1.82) is 0 Å². The molecule has 0 atom stereocenters. The summed E-state index contributed by atoms with van der Waals surface area (Å²) in [5.74, 6) is -0.373. The summed E-state index contributed by atoms with van der Waals surface area (Å²) in [5.41, 5.74) is 2.50. The smallest absolute Gasteiger partial charge is 0.248 e. The van der Waals surface area contributed by atoms with Gasteiger partial charge in [0.05, 0.1) is 17.9 Å². The van der Waals surface area contributed by atoms with E-state index in [9.17, 15) is 12.8 Å². The van der Waals surface area contributed by atoms with Crippen molar-refractivity contribution in [2.45, 2.75) is 32.4 Å². The molecule has 23 heavy (non-hydrogen) atoms. The highest BCUT2D eigenvalue weighted by Gasteiger charge is 2.47. The summed E-state index contributed by atoms with van der Waals surface area (Å²) in [6.07, 6.45) is 1.75. The van der Waals surface area contributed by atoms with Crippen LogP contribution in [0, 0.1) is 12.7 Å². The van der Waals surface area contributed by atoms with Crippen LogP contribution in [0.15, 0.2) is 42.5 Å². The molecule has 2 aromatic rings. The van der Waals surface area contributed by atoms with Crippen LogP contribution in [0.5, 0.6) is 0 Å². The van der Waals surface area contributed by atoms with E-state index in [-0.39, 0.29) is 18.4 Å². The Balaban J connectivity index is 1.82. The zero-order chi connectivity index (χ0) is 16.2. The highest BCUT2D eigenvalue weighted by molar-refractivity contribution is 7.94. The fourth-order valence-electron chi connectivity index (χ4n) is 3.09. The molecule has 0 radical (unpaired) electrons. The second kappa shape index (κ2) is 4.96. The van der Waals surface area contributed by atoms with Gasteiger partial charge in [-0.25, -0.2) is 13.0 Å². The molecule has 2 aromatic carbocycles. The molecule has 2 aliphatic rings. The van der Waals surface area contributed by atoms with E-state index in [0.717, 1.165) is 18.4 Å². The molecule has 4 rings (SSSR count). The molecule has 0 aromatic heterocycles. The van der Waals surface area contributed by atoms with E-state index in [1.165, 1.54) is 14.7 Å². The van der Waals surface area contributed by atoms with Crippen LogP contribution >= 0.6 is 0 Å². The number of fused-ring (bicyclic) bond motifs is 1. The normalized spacial score (nSPS) is 19.0. The summed E-state index contributed by atoms with van der Waals surface area (Å²) in [6, 6.07) is 12.1. The van der Waals surface area contributed by atoms with Crippen LogP contribution in [0.1, 0.15) is 24.0 Å². The molecule has 0 amide bonds. The van der Waals surface area contributed by atoms with E-state index in [0.29, 0.717) is 16.9 Å². The standard InChI is InChI=1S/C17H17FN2O2S/c1-12-5-4-6-15(18)14(12)11-19-16-7-2-3-8-17(16)20(13-9-10-13)23(19,21)22/h2-8,13H,9-11H2,1H3. The van der Waals surface area contributed by atoms with Gasteiger partial charge >= 0.3 is 10.2 Å². The minimum Gasteiger partial charge on any atom is -0.248 e. The highest BCUT2D eigenvalue weighted by atomic mass is 32.2. The SMILES string of the molecule is Cc1cccc(F)c1CN1c2ccccc2N(C2CC2)S1(=O)=O. The Morgan fingerprint density at radius 1 is 1.09 bits per heavy atom. The van der Waals surface area contributed by atoms with Gasteiger partial charge in [0.25, 0.3) is 0 Å². The molecule has 4 nitrogen and oxygen atoms in total. The van der Waals surface area contributed by atoms with Gasteiger partial charge in [0.2, 0.25) is 0 Å². The van der Waals surface area contributed by atoms with Crippen molar-refractivity contribution < 1.29 is 12.8 Å². The van der Waals surface area contributed by atoms with E-state index in [4.69, 9.17) is 0 Å². The summed E-state index contributed by atoms with van der Waals surface area (Å²) >= 11 is 0. The molecule has 1 saturated carbocycles. The van der Waals surface area contributed by atoms with Crippen molar-refractivity contribution >= 4 is 21.6 Å². The number of hydrogen-bond donors (Lipinski definition) is 0. The van der Waals surface area contributed by atoms with Gasteiger partial charge in [0, 0.05) is 11.6 Å².